The molecule has 1 amide bonds. The molecular formula is C18H22N4O3. The van der Waals surface area contributed by atoms with Crippen LogP contribution in [-0.2, 0) is 4.79 Å². The molecule has 0 saturated heterocycles. The number of hydrogen-bond donors (Lipinski definition) is 2. The highest BCUT2D eigenvalue weighted by molar-refractivity contribution is 5.96. The summed E-state index contributed by atoms with van der Waals surface area (Å²) in [7, 11) is 0. The number of aromatic nitrogens is 3. The molecule has 1 saturated carbocycles. The van der Waals surface area contributed by atoms with E-state index in [2.05, 4.69) is 15.4 Å². The van der Waals surface area contributed by atoms with Crippen molar-refractivity contribution in [3.8, 4) is 5.69 Å². The SMILES string of the molecule is Cc1cc(-n2cncn2)ccc1C(=O)N[C@H]1CCCCC[C@H]1C(=O)O. The molecule has 2 N–H and O–H groups in total. The molecule has 0 bridgehead atoms. The summed E-state index contributed by atoms with van der Waals surface area (Å²) in [4.78, 5) is 28.1. The number of nitrogens with one attached hydrogen (secondary N) is 1. The van der Waals surface area contributed by atoms with Crippen LogP contribution in [0.3, 0.4) is 0 Å². The maximum Gasteiger partial charge on any atom is 0.308 e. The Bertz CT molecular complexity index is 758. The van der Waals surface area contributed by atoms with Gasteiger partial charge in [-0.25, -0.2) is 9.67 Å². The molecule has 7 nitrogen and oxygen atoms in total. The molecule has 3 rings (SSSR count). The molecule has 1 heterocycles. The first-order valence-corrected chi connectivity index (χ1v) is 8.55. The van der Waals surface area contributed by atoms with Crippen LogP contribution in [0.1, 0.15) is 48.0 Å². The minimum absolute atomic E-state index is 0.221. The van der Waals surface area contributed by atoms with Gasteiger partial charge < -0.3 is 10.4 Å². The molecule has 1 fully saturated rings. The van der Waals surface area contributed by atoms with E-state index in [9.17, 15) is 14.7 Å². The number of amides is 1. The number of carboxylic acids is 1. The van der Waals surface area contributed by atoms with Crippen molar-refractivity contribution in [2.24, 2.45) is 5.92 Å². The van der Waals surface area contributed by atoms with Crippen LogP contribution in [0.25, 0.3) is 5.69 Å². The van der Waals surface area contributed by atoms with Gasteiger partial charge in [-0.05, 0) is 43.5 Å². The lowest BCUT2D eigenvalue weighted by Crippen LogP contribution is -2.43. The van der Waals surface area contributed by atoms with Crippen molar-refractivity contribution in [3.05, 3.63) is 42.0 Å². The molecular weight excluding hydrogens is 320 g/mol. The smallest absolute Gasteiger partial charge is 0.308 e. The second-order valence-corrected chi connectivity index (χ2v) is 6.50. The lowest BCUT2D eigenvalue weighted by atomic mass is 9.94. The van der Waals surface area contributed by atoms with Crippen molar-refractivity contribution in [2.75, 3.05) is 0 Å². The fourth-order valence-electron chi connectivity index (χ4n) is 3.41. The molecule has 0 aliphatic heterocycles. The van der Waals surface area contributed by atoms with Gasteiger partial charge in [0.05, 0.1) is 11.6 Å². The molecule has 0 unspecified atom stereocenters. The lowest BCUT2D eigenvalue weighted by Gasteiger charge is -2.23. The van der Waals surface area contributed by atoms with E-state index < -0.39 is 11.9 Å². The molecule has 1 aromatic carbocycles. The van der Waals surface area contributed by atoms with Crippen LogP contribution in [0.5, 0.6) is 0 Å². The zero-order valence-electron chi connectivity index (χ0n) is 14.2. The number of carboxylic acid groups (broad SMARTS) is 1. The van der Waals surface area contributed by atoms with E-state index in [0.717, 1.165) is 30.5 Å². The predicted octanol–water partition coefficient (Wildman–Crippen LogP) is 2.34. The molecule has 0 radical (unpaired) electrons. The van der Waals surface area contributed by atoms with Crippen molar-refractivity contribution >= 4 is 11.9 Å². The summed E-state index contributed by atoms with van der Waals surface area (Å²) in [5, 5.41) is 16.5. The Hall–Kier alpha value is -2.70. The quantitative estimate of drug-likeness (QED) is 0.831. The van der Waals surface area contributed by atoms with Crippen LogP contribution in [0, 0.1) is 12.8 Å². The Morgan fingerprint density at radius 3 is 2.72 bits per heavy atom. The van der Waals surface area contributed by atoms with E-state index in [0.29, 0.717) is 18.4 Å². The van der Waals surface area contributed by atoms with Crippen LogP contribution >= 0.6 is 0 Å². The van der Waals surface area contributed by atoms with Crippen LogP contribution in [0.4, 0.5) is 0 Å². The number of aryl methyl sites for hydroxylation is 1. The largest absolute Gasteiger partial charge is 0.481 e. The van der Waals surface area contributed by atoms with E-state index in [1.807, 2.05) is 13.0 Å². The zero-order valence-corrected chi connectivity index (χ0v) is 14.2. The first kappa shape index (κ1) is 17.1. The number of aliphatic carboxylic acids is 1. The van der Waals surface area contributed by atoms with Crippen molar-refractivity contribution in [2.45, 2.75) is 45.1 Å². The van der Waals surface area contributed by atoms with Gasteiger partial charge in [-0.2, -0.15) is 5.10 Å². The van der Waals surface area contributed by atoms with Gasteiger partial charge in [0.15, 0.2) is 0 Å². The summed E-state index contributed by atoms with van der Waals surface area (Å²) in [6.45, 7) is 1.86. The fourth-order valence-corrected chi connectivity index (χ4v) is 3.41. The summed E-state index contributed by atoms with van der Waals surface area (Å²) in [5.41, 5.74) is 2.19. The van der Waals surface area contributed by atoms with E-state index in [1.54, 1.807) is 23.1 Å². The molecule has 1 aromatic heterocycles. The van der Waals surface area contributed by atoms with Crippen molar-refractivity contribution in [1.29, 1.82) is 0 Å². The predicted molar refractivity (Wildman–Crippen MR) is 91.6 cm³/mol. The minimum Gasteiger partial charge on any atom is -0.481 e. The highest BCUT2D eigenvalue weighted by Gasteiger charge is 2.31. The third-order valence-electron chi connectivity index (χ3n) is 4.79. The highest BCUT2D eigenvalue weighted by Crippen LogP contribution is 2.24. The topological polar surface area (TPSA) is 97.1 Å². The number of hydrogen-bond acceptors (Lipinski definition) is 4. The second-order valence-electron chi connectivity index (χ2n) is 6.50. The van der Waals surface area contributed by atoms with Gasteiger partial charge in [-0.3, -0.25) is 9.59 Å². The summed E-state index contributed by atoms with van der Waals surface area (Å²) in [6, 6.07) is 5.10. The zero-order chi connectivity index (χ0) is 17.8. The van der Waals surface area contributed by atoms with Gasteiger partial charge in [0, 0.05) is 11.6 Å². The average Bonchev–Trinajstić information content (AvgIpc) is 3.01. The van der Waals surface area contributed by atoms with Crippen LogP contribution < -0.4 is 5.32 Å². The van der Waals surface area contributed by atoms with E-state index in [-0.39, 0.29) is 11.9 Å². The number of carbonyl (C=O) groups excluding carboxylic acids is 1. The molecule has 0 spiro atoms. The Morgan fingerprint density at radius 1 is 1.24 bits per heavy atom. The van der Waals surface area contributed by atoms with Crippen molar-refractivity contribution in [1.82, 2.24) is 20.1 Å². The Kier molecular flexibility index (Phi) is 5.11. The van der Waals surface area contributed by atoms with Crippen LogP contribution in [0.15, 0.2) is 30.9 Å². The summed E-state index contributed by atoms with van der Waals surface area (Å²) in [6.07, 6.45) is 7.23. The number of nitrogens with zero attached hydrogens (tertiary/aromatic N) is 3. The van der Waals surface area contributed by atoms with Crippen LogP contribution in [0.2, 0.25) is 0 Å². The maximum absolute atomic E-state index is 12.7. The summed E-state index contributed by atoms with van der Waals surface area (Å²) in [5.74, 6) is -1.56. The highest BCUT2D eigenvalue weighted by atomic mass is 16.4. The molecule has 7 heteroatoms. The molecule has 2 aromatic rings. The molecule has 25 heavy (non-hydrogen) atoms. The van der Waals surface area contributed by atoms with Gasteiger partial charge in [-0.1, -0.05) is 19.3 Å². The van der Waals surface area contributed by atoms with Gasteiger partial charge in [0.2, 0.25) is 0 Å². The molecule has 1 aliphatic carbocycles. The number of benzene rings is 1. The fraction of sp³-hybridized carbons (Fsp3) is 0.444. The van der Waals surface area contributed by atoms with Crippen molar-refractivity contribution in [3.63, 3.8) is 0 Å². The Morgan fingerprint density at radius 2 is 2.04 bits per heavy atom. The lowest BCUT2D eigenvalue weighted by molar-refractivity contribution is -0.142. The number of rotatable bonds is 4. The van der Waals surface area contributed by atoms with Gasteiger partial charge in [-0.15, -0.1) is 0 Å². The Labute approximate surface area is 146 Å². The van der Waals surface area contributed by atoms with Gasteiger partial charge in [0.1, 0.15) is 12.7 Å². The first-order valence-electron chi connectivity index (χ1n) is 8.55. The number of carbonyl (C=O) groups is 2. The van der Waals surface area contributed by atoms with E-state index in [4.69, 9.17) is 0 Å². The third kappa shape index (κ3) is 3.87. The standard InChI is InChI=1S/C18H22N4O3/c1-12-9-13(22-11-19-10-20-22)7-8-14(12)17(23)21-16-6-4-2-3-5-15(16)18(24)25/h7-11,15-16H,2-6H2,1H3,(H,21,23)(H,24,25)/t15-,16+/m1/s1. The molecule has 2 atom stereocenters. The van der Waals surface area contributed by atoms with E-state index in [1.165, 1.54) is 6.33 Å². The monoisotopic (exact) mass is 342 g/mol. The summed E-state index contributed by atoms with van der Waals surface area (Å²) < 4.78 is 1.63. The van der Waals surface area contributed by atoms with Gasteiger partial charge in [0.25, 0.3) is 5.91 Å². The Balaban J connectivity index is 1.77. The maximum atomic E-state index is 12.7. The van der Waals surface area contributed by atoms with Crippen LogP contribution in [-0.4, -0.2) is 37.8 Å². The van der Waals surface area contributed by atoms with E-state index >= 15 is 0 Å². The molecule has 132 valence electrons. The van der Waals surface area contributed by atoms with Gasteiger partial charge >= 0.3 is 5.97 Å². The average molecular weight is 342 g/mol. The second kappa shape index (κ2) is 7.46. The minimum atomic E-state index is -0.828. The van der Waals surface area contributed by atoms with Crippen molar-refractivity contribution < 1.29 is 14.7 Å². The normalized spacial score (nSPS) is 20.7. The molecule has 1 aliphatic rings. The third-order valence-corrected chi connectivity index (χ3v) is 4.79. The summed E-state index contributed by atoms with van der Waals surface area (Å²) >= 11 is 0. The first-order chi connectivity index (χ1) is 12.1.